The molecule has 31 heavy (non-hydrogen) atoms. The monoisotopic (exact) mass is 428 g/mol. The maximum Gasteiger partial charge on any atom is 0.295 e. The van der Waals surface area contributed by atoms with E-state index in [1.807, 2.05) is 19.0 Å². The maximum absolute atomic E-state index is 13.0. The van der Waals surface area contributed by atoms with Crippen molar-refractivity contribution in [1.82, 2.24) is 9.80 Å². The molecule has 1 amide bonds. The lowest BCUT2D eigenvalue weighted by molar-refractivity contribution is -0.140. The summed E-state index contributed by atoms with van der Waals surface area (Å²) in [5.74, 6) is 0.298. The zero-order chi connectivity index (χ0) is 22.7. The normalized spacial score (nSPS) is 18.1. The van der Waals surface area contributed by atoms with Crippen LogP contribution in [-0.4, -0.2) is 68.0 Å². The van der Waals surface area contributed by atoms with Gasteiger partial charge in [-0.1, -0.05) is 0 Å². The van der Waals surface area contributed by atoms with E-state index in [9.17, 15) is 14.7 Å². The molecule has 1 fully saturated rings. The first kappa shape index (κ1) is 22.4. The van der Waals surface area contributed by atoms with Crippen molar-refractivity contribution in [3.63, 3.8) is 0 Å². The molecule has 8 nitrogen and oxygen atoms in total. The van der Waals surface area contributed by atoms with Gasteiger partial charge in [-0.25, -0.2) is 0 Å². The summed E-state index contributed by atoms with van der Waals surface area (Å²) in [5.41, 5.74) is 0.341. The lowest BCUT2D eigenvalue weighted by Gasteiger charge is -2.24. The fourth-order valence-corrected chi connectivity index (χ4v) is 3.70. The molecule has 1 unspecified atom stereocenters. The Bertz CT molecular complexity index is 1010. The predicted molar refractivity (Wildman–Crippen MR) is 115 cm³/mol. The van der Waals surface area contributed by atoms with Crippen molar-refractivity contribution in [2.45, 2.75) is 19.4 Å². The van der Waals surface area contributed by atoms with Gasteiger partial charge in [0.1, 0.15) is 23.3 Å². The molecular formula is C23H28N2O6. The van der Waals surface area contributed by atoms with E-state index in [1.165, 1.54) is 19.1 Å². The number of likely N-dealkylation sites (tertiary alicyclic amines) is 1. The van der Waals surface area contributed by atoms with Crippen LogP contribution in [0.2, 0.25) is 0 Å². The molecule has 8 heteroatoms. The highest BCUT2D eigenvalue weighted by Crippen LogP contribution is 2.41. The van der Waals surface area contributed by atoms with Gasteiger partial charge in [-0.05, 0) is 64.3 Å². The maximum atomic E-state index is 13.0. The number of furan rings is 1. The Labute approximate surface area is 181 Å². The number of aliphatic hydroxyl groups is 1. The second kappa shape index (κ2) is 9.26. The minimum atomic E-state index is -0.802. The third-order valence-corrected chi connectivity index (χ3v) is 5.23. The van der Waals surface area contributed by atoms with Gasteiger partial charge in [-0.3, -0.25) is 9.59 Å². The number of amides is 1. The van der Waals surface area contributed by atoms with E-state index in [0.717, 1.165) is 6.54 Å². The van der Waals surface area contributed by atoms with Gasteiger partial charge in [0.05, 0.1) is 19.8 Å². The van der Waals surface area contributed by atoms with Crippen molar-refractivity contribution in [2.75, 3.05) is 41.4 Å². The van der Waals surface area contributed by atoms with E-state index < -0.39 is 17.7 Å². The highest BCUT2D eigenvalue weighted by Gasteiger charge is 2.47. The molecule has 1 atom stereocenters. The van der Waals surface area contributed by atoms with Crippen molar-refractivity contribution in [2.24, 2.45) is 0 Å². The number of Topliss-reactive ketones (excluding diaryl/α,β-unsaturated/α-hetero) is 1. The highest BCUT2D eigenvalue weighted by molar-refractivity contribution is 6.46. The number of methoxy groups -OCH3 is 2. The second-order valence-electron chi connectivity index (χ2n) is 7.67. The summed E-state index contributed by atoms with van der Waals surface area (Å²) in [5, 5.41) is 11.1. The van der Waals surface area contributed by atoms with Gasteiger partial charge < -0.3 is 28.8 Å². The number of hydrogen-bond donors (Lipinski definition) is 1. The van der Waals surface area contributed by atoms with Crippen LogP contribution in [0, 0.1) is 6.92 Å². The van der Waals surface area contributed by atoms with E-state index in [0.29, 0.717) is 41.5 Å². The fourth-order valence-electron chi connectivity index (χ4n) is 3.70. The number of ketones is 1. The first-order valence-electron chi connectivity index (χ1n) is 10.00. The first-order chi connectivity index (χ1) is 14.8. The largest absolute Gasteiger partial charge is 0.507 e. The summed E-state index contributed by atoms with van der Waals surface area (Å²) in [6.07, 6.45) is 0.673. The van der Waals surface area contributed by atoms with Crippen LogP contribution in [0.15, 0.2) is 40.3 Å². The van der Waals surface area contributed by atoms with E-state index in [2.05, 4.69) is 0 Å². The minimum Gasteiger partial charge on any atom is -0.507 e. The van der Waals surface area contributed by atoms with Crippen LogP contribution in [0.4, 0.5) is 0 Å². The average molecular weight is 428 g/mol. The lowest BCUT2D eigenvalue weighted by Crippen LogP contribution is -2.32. The average Bonchev–Trinajstić information content (AvgIpc) is 3.28. The van der Waals surface area contributed by atoms with Crippen LogP contribution in [0.5, 0.6) is 11.5 Å². The summed E-state index contributed by atoms with van der Waals surface area (Å²) < 4.78 is 16.3. The van der Waals surface area contributed by atoms with E-state index in [1.54, 1.807) is 37.3 Å². The van der Waals surface area contributed by atoms with Crippen molar-refractivity contribution < 1.29 is 28.6 Å². The van der Waals surface area contributed by atoms with Gasteiger partial charge in [0.15, 0.2) is 11.5 Å². The van der Waals surface area contributed by atoms with Gasteiger partial charge in [0, 0.05) is 12.1 Å². The molecule has 0 bridgehead atoms. The number of hydrogen-bond acceptors (Lipinski definition) is 7. The zero-order valence-corrected chi connectivity index (χ0v) is 18.5. The standard InChI is InChI=1S/C23H28N2O6/c1-14-7-9-17(31-14)20-19(22(27)23(28)25(20)12-6-11-24(2)3)21(26)15-8-10-16(29-4)18(13-15)30-5/h7-10,13,20,26H,6,11-12H2,1-5H3/b21-19-. The van der Waals surface area contributed by atoms with Crippen molar-refractivity contribution >= 4 is 17.4 Å². The van der Waals surface area contributed by atoms with E-state index in [-0.39, 0.29) is 11.3 Å². The quantitative estimate of drug-likeness (QED) is 0.393. The number of carbonyl (C=O) groups excluding carboxylic acids is 2. The molecule has 1 aromatic heterocycles. The van der Waals surface area contributed by atoms with Crippen molar-refractivity contribution in [3.8, 4) is 11.5 Å². The second-order valence-corrected chi connectivity index (χ2v) is 7.67. The van der Waals surface area contributed by atoms with Crippen molar-refractivity contribution in [1.29, 1.82) is 0 Å². The zero-order valence-electron chi connectivity index (χ0n) is 18.5. The Kier molecular flexibility index (Phi) is 6.70. The van der Waals surface area contributed by atoms with E-state index >= 15 is 0 Å². The van der Waals surface area contributed by atoms with Crippen molar-refractivity contribution in [3.05, 3.63) is 53.0 Å². The first-order valence-corrected chi connectivity index (χ1v) is 10.00. The summed E-state index contributed by atoms with van der Waals surface area (Å²) >= 11 is 0. The fraction of sp³-hybridized carbons (Fsp3) is 0.391. The third-order valence-electron chi connectivity index (χ3n) is 5.23. The Morgan fingerprint density at radius 3 is 2.42 bits per heavy atom. The molecule has 2 aromatic rings. The van der Waals surface area contributed by atoms with Crippen LogP contribution in [0.1, 0.15) is 29.5 Å². The molecule has 1 N–H and O–H groups in total. The Morgan fingerprint density at radius 1 is 1.13 bits per heavy atom. The third kappa shape index (κ3) is 4.44. The van der Waals surface area contributed by atoms with Gasteiger partial charge in [-0.2, -0.15) is 0 Å². The number of aryl methyl sites for hydroxylation is 1. The number of rotatable bonds is 8. The SMILES string of the molecule is COc1ccc(/C(O)=C2/C(=O)C(=O)N(CCCN(C)C)C2c2ccc(C)o2)cc1OC. The molecular weight excluding hydrogens is 400 g/mol. The molecule has 2 heterocycles. The molecule has 1 aliphatic rings. The Morgan fingerprint density at radius 2 is 1.84 bits per heavy atom. The number of benzene rings is 1. The van der Waals surface area contributed by atoms with Gasteiger partial charge in [0.25, 0.3) is 11.7 Å². The number of carbonyl (C=O) groups is 2. The molecule has 1 saturated heterocycles. The molecule has 166 valence electrons. The molecule has 3 rings (SSSR count). The molecule has 0 radical (unpaired) electrons. The number of nitrogens with zero attached hydrogens (tertiary/aromatic N) is 2. The predicted octanol–water partition coefficient (Wildman–Crippen LogP) is 2.98. The summed E-state index contributed by atoms with van der Waals surface area (Å²) in [6.45, 7) is 2.90. The summed E-state index contributed by atoms with van der Waals surface area (Å²) in [7, 11) is 6.88. The molecule has 1 aromatic carbocycles. The van der Waals surface area contributed by atoms with E-state index in [4.69, 9.17) is 13.9 Å². The highest BCUT2D eigenvalue weighted by atomic mass is 16.5. The van der Waals surface area contributed by atoms with Gasteiger partial charge in [-0.15, -0.1) is 0 Å². The Hall–Kier alpha value is -3.26. The molecule has 0 spiro atoms. The summed E-state index contributed by atoms with van der Waals surface area (Å²) in [4.78, 5) is 29.3. The molecule has 1 aliphatic heterocycles. The lowest BCUT2D eigenvalue weighted by atomic mass is 9.99. The topological polar surface area (TPSA) is 92.5 Å². The number of aliphatic hydroxyl groups excluding tert-OH is 1. The molecule has 0 saturated carbocycles. The van der Waals surface area contributed by atoms with Crippen LogP contribution < -0.4 is 9.47 Å². The van der Waals surface area contributed by atoms with Gasteiger partial charge in [0.2, 0.25) is 0 Å². The van der Waals surface area contributed by atoms with Crippen LogP contribution in [0.25, 0.3) is 5.76 Å². The Balaban J connectivity index is 2.09. The smallest absolute Gasteiger partial charge is 0.295 e. The van der Waals surface area contributed by atoms with Crippen LogP contribution in [-0.2, 0) is 9.59 Å². The minimum absolute atomic E-state index is 0.00331. The number of ether oxygens (including phenoxy) is 2. The molecule has 0 aliphatic carbocycles. The summed E-state index contributed by atoms with van der Waals surface area (Å²) in [6, 6.07) is 7.51. The van der Waals surface area contributed by atoms with Crippen LogP contribution in [0.3, 0.4) is 0 Å². The van der Waals surface area contributed by atoms with Gasteiger partial charge >= 0.3 is 0 Å². The van der Waals surface area contributed by atoms with Crippen LogP contribution >= 0.6 is 0 Å².